The first-order valence-corrected chi connectivity index (χ1v) is 4.41. The van der Waals surface area contributed by atoms with Crippen LogP contribution in [0.3, 0.4) is 0 Å². The molecule has 1 rings (SSSR count). The molecule has 0 atom stereocenters. The molecular formula is C8H5Cl2F2NO2. The molecule has 0 fully saturated rings. The number of carbonyl (C=O) groups excluding carboxylic acids is 1. The standard InChI is InChI=1S/C8H5Cl2F2NO2/c9-4-2-5(10)6(15-8(11)12)1-3(4)7(13)14/h1-2,8H,(H2,13,14). The molecule has 2 N–H and O–H groups in total. The maximum Gasteiger partial charge on any atom is 0.387 e. The molecule has 0 aliphatic heterocycles. The number of alkyl halides is 2. The van der Waals surface area contributed by atoms with Crippen molar-refractivity contribution in [1.82, 2.24) is 0 Å². The molecule has 1 amide bonds. The molecular weight excluding hydrogens is 251 g/mol. The molecule has 3 nitrogen and oxygen atoms in total. The van der Waals surface area contributed by atoms with E-state index in [0.717, 1.165) is 12.1 Å². The van der Waals surface area contributed by atoms with Crippen LogP contribution in [-0.2, 0) is 0 Å². The van der Waals surface area contributed by atoms with Crippen LogP contribution in [-0.4, -0.2) is 12.5 Å². The first-order chi connectivity index (χ1) is 6.91. The van der Waals surface area contributed by atoms with E-state index in [0.29, 0.717) is 0 Å². The Hall–Kier alpha value is -1.07. The third-order valence-electron chi connectivity index (χ3n) is 1.50. The van der Waals surface area contributed by atoms with Gasteiger partial charge in [0.1, 0.15) is 5.75 Å². The number of primary amides is 1. The quantitative estimate of drug-likeness (QED) is 0.903. The van der Waals surface area contributed by atoms with E-state index < -0.39 is 12.5 Å². The number of amides is 1. The van der Waals surface area contributed by atoms with E-state index in [1.54, 1.807) is 0 Å². The maximum absolute atomic E-state index is 11.9. The Kier molecular flexibility index (Phi) is 3.71. The van der Waals surface area contributed by atoms with Gasteiger partial charge in [0, 0.05) is 0 Å². The van der Waals surface area contributed by atoms with E-state index in [4.69, 9.17) is 28.9 Å². The molecule has 0 spiro atoms. The summed E-state index contributed by atoms with van der Waals surface area (Å²) >= 11 is 11.2. The van der Waals surface area contributed by atoms with Crippen LogP contribution in [0.4, 0.5) is 8.78 Å². The van der Waals surface area contributed by atoms with E-state index in [2.05, 4.69) is 4.74 Å². The third kappa shape index (κ3) is 2.94. The van der Waals surface area contributed by atoms with E-state index in [1.165, 1.54) is 0 Å². The molecule has 0 saturated carbocycles. The first-order valence-electron chi connectivity index (χ1n) is 3.65. The lowest BCUT2D eigenvalue weighted by atomic mass is 10.2. The highest BCUT2D eigenvalue weighted by Crippen LogP contribution is 2.31. The van der Waals surface area contributed by atoms with Crippen molar-refractivity contribution in [2.75, 3.05) is 0 Å². The molecule has 0 saturated heterocycles. The van der Waals surface area contributed by atoms with Crippen LogP contribution in [0.15, 0.2) is 12.1 Å². The Bertz CT molecular complexity index is 398. The molecule has 0 radical (unpaired) electrons. The van der Waals surface area contributed by atoms with Gasteiger partial charge >= 0.3 is 6.61 Å². The molecule has 0 unspecified atom stereocenters. The monoisotopic (exact) mass is 255 g/mol. The van der Waals surface area contributed by atoms with Gasteiger partial charge in [0.05, 0.1) is 15.6 Å². The Morgan fingerprint density at radius 2 is 1.93 bits per heavy atom. The van der Waals surface area contributed by atoms with Crippen molar-refractivity contribution in [2.45, 2.75) is 6.61 Å². The highest BCUT2D eigenvalue weighted by molar-refractivity contribution is 6.37. The van der Waals surface area contributed by atoms with E-state index in [9.17, 15) is 13.6 Å². The van der Waals surface area contributed by atoms with Crippen molar-refractivity contribution in [3.05, 3.63) is 27.7 Å². The molecule has 0 aliphatic carbocycles. The van der Waals surface area contributed by atoms with Crippen LogP contribution >= 0.6 is 23.2 Å². The minimum absolute atomic E-state index is 0.0193. The van der Waals surface area contributed by atoms with E-state index >= 15 is 0 Å². The smallest absolute Gasteiger partial charge is 0.387 e. The highest BCUT2D eigenvalue weighted by Gasteiger charge is 2.15. The number of carbonyl (C=O) groups is 1. The van der Waals surface area contributed by atoms with E-state index in [-0.39, 0.29) is 21.4 Å². The first kappa shape index (κ1) is 12.0. The lowest BCUT2D eigenvalue weighted by Gasteiger charge is -2.08. The normalized spacial score (nSPS) is 10.5. The molecule has 0 heterocycles. The number of ether oxygens (including phenoxy) is 1. The minimum Gasteiger partial charge on any atom is -0.433 e. The van der Waals surface area contributed by atoms with Crippen molar-refractivity contribution in [2.24, 2.45) is 5.73 Å². The SMILES string of the molecule is NC(=O)c1cc(OC(F)F)c(Cl)cc1Cl. The summed E-state index contributed by atoms with van der Waals surface area (Å²) in [6, 6.07) is 2.08. The summed E-state index contributed by atoms with van der Waals surface area (Å²) in [5.74, 6) is -1.19. The van der Waals surface area contributed by atoms with Gasteiger partial charge in [-0.25, -0.2) is 0 Å². The number of halogens is 4. The average molecular weight is 256 g/mol. The van der Waals surface area contributed by atoms with Gasteiger partial charge in [0.25, 0.3) is 0 Å². The van der Waals surface area contributed by atoms with Crippen molar-refractivity contribution in [3.63, 3.8) is 0 Å². The largest absolute Gasteiger partial charge is 0.433 e. The Balaban J connectivity index is 3.17. The summed E-state index contributed by atoms with van der Waals surface area (Å²) in [7, 11) is 0. The summed E-state index contributed by atoms with van der Waals surface area (Å²) in [5, 5.41) is -0.139. The van der Waals surface area contributed by atoms with Gasteiger partial charge in [-0.3, -0.25) is 4.79 Å². The van der Waals surface area contributed by atoms with Gasteiger partial charge in [-0.2, -0.15) is 8.78 Å². The van der Waals surface area contributed by atoms with Crippen LogP contribution in [0.25, 0.3) is 0 Å². The number of rotatable bonds is 3. The molecule has 7 heteroatoms. The Morgan fingerprint density at radius 1 is 1.33 bits per heavy atom. The second-order valence-corrected chi connectivity index (χ2v) is 3.32. The second-order valence-electron chi connectivity index (χ2n) is 2.51. The lowest BCUT2D eigenvalue weighted by Crippen LogP contribution is -2.12. The number of hydrogen-bond donors (Lipinski definition) is 1. The predicted molar refractivity (Wildman–Crippen MR) is 51.6 cm³/mol. The van der Waals surface area contributed by atoms with Crippen LogP contribution in [0.2, 0.25) is 10.0 Å². The van der Waals surface area contributed by atoms with E-state index in [1.807, 2.05) is 0 Å². The van der Waals surface area contributed by atoms with Crippen molar-refractivity contribution in [1.29, 1.82) is 0 Å². The van der Waals surface area contributed by atoms with Gasteiger partial charge in [0.15, 0.2) is 0 Å². The number of nitrogens with two attached hydrogens (primary N) is 1. The zero-order chi connectivity index (χ0) is 11.6. The zero-order valence-corrected chi connectivity index (χ0v) is 8.65. The average Bonchev–Trinajstić information content (AvgIpc) is 2.08. The topological polar surface area (TPSA) is 52.3 Å². The summed E-state index contributed by atoms with van der Waals surface area (Å²) in [4.78, 5) is 10.8. The fraction of sp³-hybridized carbons (Fsp3) is 0.125. The molecule has 0 aromatic heterocycles. The molecule has 1 aromatic rings. The molecule has 1 aromatic carbocycles. The Morgan fingerprint density at radius 3 is 2.40 bits per heavy atom. The minimum atomic E-state index is -3.04. The second kappa shape index (κ2) is 4.63. The van der Waals surface area contributed by atoms with Crippen LogP contribution in [0, 0.1) is 0 Å². The molecule has 0 aliphatic rings. The van der Waals surface area contributed by atoms with Gasteiger partial charge in [-0.05, 0) is 12.1 Å². The maximum atomic E-state index is 11.9. The van der Waals surface area contributed by atoms with Crippen LogP contribution in [0.1, 0.15) is 10.4 Å². The summed E-state index contributed by atoms with van der Waals surface area (Å²) in [5.41, 5.74) is 4.83. The number of benzene rings is 1. The third-order valence-corrected chi connectivity index (χ3v) is 2.11. The fourth-order valence-electron chi connectivity index (χ4n) is 0.904. The summed E-state index contributed by atoms with van der Waals surface area (Å²) < 4.78 is 27.9. The predicted octanol–water partition coefficient (Wildman–Crippen LogP) is 2.69. The lowest BCUT2D eigenvalue weighted by molar-refractivity contribution is -0.0498. The fourth-order valence-corrected chi connectivity index (χ4v) is 1.43. The van der Waals surface area contributed by atoms with Gasteiger partial charge in [0.2, 0.25) is 5.91 Å². The summed E-state index contributed by atoms with van der Waals surface area (Å²) in [6.07, 6.45) is 0. The highest BCUT2D eigenvalue weighted by atomic mass is 35.5. The van der Waals surface area contributed by atoms with Gasteiger partial charge in [-0.1, -0.05) is 23.2 Å². The van der Waals surface area contributed by atoms with Crippen LogP contribution < -0.4 is 10.5 Å². The number of hydrogen-bond acceptors (Lipinski definition) is 2. The van der Waals surface area contributed by atoms with Crippen molar-refractivity contribution >= 4 is 29.1 Å². The van der Waals surface area contributed by atoms with Crippen molar-refractivity contribution < 1.29 is 18.3 Å². The molecule has 82 valence electrons. The summed E-state index contributed by atoms with van der Waals surface area (Å²) in [6.45, 7) is -3.04. The molecule has 0 bridgehead atoms. The van der Waals surface area contributed by atoms with Gasteiger partial charge < -0.3 is 10.5 Å². The van der Waals surface area contributed by atoms with Gasteiger partial charge in [-0.15, -0.1) is 0 Å². The zero-order valence-electron chi connectivity index (χ0n) is 7.14. The van der Waals surface area contributed by atoms with Crippen molar-refractivity contribution in [3.8, 4) is 5.75 Å². The Labute approximate surface area is 93.7 Å². The molecule has 15 heavy (non-hydrogen) atoms. The van der Waals surface area contributed by atoms with Crippen LogP contribution in [0.5, 0.6) is 5.75 Å².